The molecule has 0 aromatic heterocycles. The fraction of sp³-hybridized carbons (Fsp3) is 0.500. The van der Waals surface area contributed by atoms with E-state index >= 15 is 0 Å². The maximum atomic E-state index is 12.1. The van der Waals surface area contributed by atoms with Gasteiger partial charge in [-0.25, -0.2) is 13.1 Å². The van der Waals surface area contributed by atoms with Crippen LogP contribution in [0.4, 0.5) is 0 Å². The third kappa shape index (κ3) is 4.33. The lowest BCUT2D eigenvalue weighted by molar-refractivity contribution is 0.552. The lowest BCUT2D eigenvalue weighted by Crippen LogP contribution is -2.37. The first kappa shape index (κ1) is 16.7. The monoisotopic (exact) mass is 324 g/mol. The van der Waals surface area contributed by atoms with Crippen molar-refractivity contribution < 1.29 is 8.42 Å². The van der Waals surface area contributed by atoms with E-state index in [9.17, 15) is 8.42 Å². The SMILES string of the molecule is Cc1ccc(S(=O)(=O)NCC2CCCN2)c(Cl)c1.Cl. The average Bonchev–Trinajstić information content (AvgIpc) is 2.78. The van der Waals surface area contributed by atoms with Crippen molar-refractivity contribution in [2.45, 2.75) is 30.7 Å². The Kier molecular flexibility index (Phi) is 6.08. The van der Waals surface area contributed by atoms with Crippen LogP contribution in [0, 0.1) is 6.92 Å². The molecule has 0 amide bonds. The number of rotatable bonds is 4. The number of nitrogens with one attached hydrogen (secondary N) is 2. The lowest BCUT2D eigenvalue weighted by atomic mass is 10.2. The second kappa shape index (κ2) is 6.90. The van der Waals surface area contributed by atoms with Gasteiger partial charge in [-0.3, -0.25) is 0 Å². The summed E-state index contributed by atoms with van der Waals surface area (Å²) in [7, 11) is -3.52. The highest BCUT2D eigenvalue weighted by molar-refractivity contribution is 7.89. The summed E-state index contributed by atoms with van der Waals surface area (Å²) in [5.74, 6) is 0. The third-order valence-corrected chi connectivity index (χ3v) is 4.97. The normalized spacial score (nSPS) is 19.2. The van der Waals surface area contributed by atoms with E-state index in [0.717, 1.165) is 24.9 Å². The highest BCUT2D eigenvalue weighted by Crippen LogP contribution is 2.22. The van der Waals surface area contributed by atoms with E-state index in [1.54, 1.807) is 18.2 Å². The van der Waals surface area contributed by atoms with Crippen molar-refractivity contribution in [2.24, 2.45) is 0 Å². The zero-order valence-corrected chi connectivity index (χ0v) is 13.0. The fourth-order valence-electron chi connectivity index (χ4n) is 2.04. The molecule has 4 nitrogen and oxygen atoms in total. The molecule has 7 heteroatoms. The summed E-state index contributed by atoms with van der Waals surface area (Å²) < 4.78 is 26.8. The summed E-state index contributed by atoms with van der Waals surface area (Å²) in [5, 5.41) is 3.51. The van der Waals surface area contributed by atoms with E-state index in [1.807, 2.05) is 6.92 Å². The number of hydrogen-bond acceptors (Lipinski definition) is 3. The van der Waals surface area contributed by atoms with Crippen LogP contribution in [0.15, 0.2) is 23.1 Å². The van der Waals surface area contributed by atoms with Crippen molar-refractivity contribution in [3.8, 4) is 0 Å². The lowest BCUT2D eigenvalue weighted by Gasteiger charge is -2.13. The molecule has 19 heavy (non-hydrogen) atoms. The second-order valence-electron chi connectivity index (χ2n) is 4.58. The molecule has 1 atom stereocenters. The molecule has 0 spiro atoms. The van der Waals surface area contributed by atoms with Crippen LogP contribution in [0.3, 0.4) is 0 Å². The van der Waals surface area contributed by atoms with Crippen LogP contribution in [0.5, 0.6) is 0 Å². The van der Waals surface area contributed by atoms with Crippen molar-refractivity contribution in [1.29, 1.82) is 0 Å². The minimum atomic E-state index is -3.52. The molecule has 0 aliphatic carbocycles. The molecular formula is C12H18Cl2N2O2S. The van der Waals surface area contributed by atoms with E-state index in [4.69, 9.17) is 11.6 Å². The van der Waals surface area contributed by atoms with Crippen LogP contribution in [0.2, 0.25) is 5.02 Å². The molecule has 0 radical (unpaired) electrons. The molecule has 1 aromatic rings. The summed E-state index contributed by atoms with van der Waals surface area (Å²) >= 11 is 5.97. The van der Waals surface area contributed by atoms with Crippen molar-refractivity contribution in [3.63, 3.8) is 0 Å². The molecule has 1 aliphatic rings. The molecule has 1 saturated heterocycles. The molecule has 1 aliphatic heterocycles. The van der Waals surface area contributed by atoms with Gasteiger partial charge in [0, 0.05) is 12.6 Å². The van der Waals surface area contributed by atoms with E-state index in [1.165, 1.54) is 0 Å². The van der Waals surface area contributed by atoms with Gasteiger partial charge in [0.2, 0.25) is 10.0 Å². The van der Waals surface area contributed by atoms with Gasteiger partial charge in [-0.1, -0.05) is 17.7 Å². The standard InChI is InChI=1S/C12H17ClN2O2S.ClH/c1-9-4-5-12(11(13)7-9)18(16,17)15-8-10-3-2-6-14-10;/h4-5,7,10,14-15H,2-3,6,8H2,1H3;1H. The number of aryl methyl sites for hydroxylation is 1. The maximum Gasteiger partial charge on any atom is 0.242 e. The topological polar surface area (TPSA) is 58.2 Å². The summed E-state index contributed by atoms with van der Waals surface area (Å²) in [6, 6.07) is 5.17. The van der Waals surface area contributed by atoms with Crippen LogP contribution >= 0.6 is 24.0 Å². The average molecular weight is 325 g/mol. The Morgan fingerprint density at radius 2 is 2.21 bits per heavy atom. The van der Waals surface area contributed by atoms with Crippen LogP contribution in [0.1, 0.15) is 18.4 Å². The van der Waals surface area contributed by atoms with Gasteiger partial charge >= 0.3 is 0 Å². The Labute approximate surface area is 125 Å². The first-order valence-electron chi connectivity index (χ1n) is 5.98. The molecule has 1 aromatic carbocycles. The van der Waals surface area contributed by atoms with Crippen molar-refractivity contribution in [1.82, 2.24) is 10.0 Å². The molecular weight excluding hydrogens is 307 g/mol. The Morgan fingerprint density at radius 1 is 1.47 bits per heavy atom. The molecule has 1 heterocycles. The van der Waals surface area contributed by atoms with E-state index < -0.39 is 10.0 Å². The van der Waals surface area contributed by atoms with Gasteiger partial charge in [-0.15, -0.1) is 12.4 Å². The van der Waals surface area contributed by atoms with Gasteiger partial charge in [-0.2, -0.15) is 0 Å². The Balaban J connectivity index is 0.00000180. The van der Waals surface area contributed by atoms with Gasteiger partial charge in [0.15, 0.2) is 0 Å². The molecule has 1 fully saturated rings. The van der Waals surface area contributed by atoms with Gasteiger partial charge in [0.1, 0.15) is 4.90 Å². The number of sulfonamides is 1. The molecule has 108 valence electrons. The maximum absolute atomic E-state index is 12.1. The van der Waals surface area contributed by atoms with Crippen LogP contribution in [-0.4, -0.2) is 27.5 Å². The molecule has 2 rings (SSSR count). The number of hydrogen-bond donors (Lipinski definition) is 2. The summed E-state index contributed by atoms with van der Waals surface area (Å²) in [6.45, 7) is 3.24. The van der Waals surface area contributed by atoms with Gasteiger partial charge in [0.25, 0.3) is 0 Å². The quantitative estimate of drug-likeness (QED) is 0.891. The molecule has 0 bridgehead atoms. The fourth-order valence-corrected chi connectivity index (χ4v) is 3.72. The Hall–Kier alpha value is -0.330. The van der Waals surface area contributed by atoms with E-state index in [-0.39, 0.29) is 28.4 Å². The molecule has 0 saturated carbocycles. The molecule has 2 N–H and O–H groups in total. The van der Waals surface area contributed by atoms with Crippen molar-refractivity contribution in [3.05, 3.63) is 28.8 Å². The predicted octanol–water partition coefficient (Wildman–Crippen LogP) is 2.10. The number of benzene rings is 1. The zero-order chi connectivity index (χ0) is 13.2. The highest BCUT2D eigenvalue weighted by Gasteiger charge is 2.21. The van der Waals surface area contributed by atoms with Crippen molar-refractivity contribution >= 4 is 34.0 Å². The predicted molar refractivity (Wildman–Crippen MR) is 79.7 cm³/mol. The summed E-state index contributed by atoms with van der Waals surface area (Å²) in [4.78, 5) is 0.146. The van der Waals surface area contributed by atoms with Gasteiger partial charge in [-0.05, 0) is 44.0 Å². The number of halogens is 2. The second-order valence-corrected chi connectivity index (χ2v) is 6.72. The van der Waals surface area contributed by atoms with Gasteiger partial charge in [0.05, 0.1) is 5.02 Å². The van der Waals surface area contributed by atoms with Crippen LogP contribution < -0.4 is 10.0 Å². The first-order valence-corrected chi connectivity index (χ1v) is 7.84. The van der Waals surface area contributed by atoms with Gasteiger partial charge < -0.3 is 5.32 Å². The minimum Gasteiger partial charge on any atom is -0.313 e. The van der Waals surface area contributed by atoms with Crippen LogP contribution in [-0.2, 0) is 10.0 Å². The third-order valence-electron chi connectivity index (χ3n) is 3.06. The minimum absolute atomic E-state index is 0. The largest absolute Gasteiger partial charge is 0.313 e. The summed E-state index contributed by atoms with van der Waals surface area (Å²) in [5.41, 5.74) is 0.941. The first-order chi connectivity index (χ1) is 8.49. The Morgan fingerprint density at radius 3 is 2.79 bits per heavy atom. The summed E-state index contributed by atoms with van der Waals surface area (Å²) in [6.07, 6.45) is 2.10. The van der Waals surface area contributed by atoms with Crippen LogP contribution in [0.25, 0.3) is 0 Å². The van der Waals surface area contributed by atoms with E-state index in [0.29, 0.717) is 6.54 Å². The smallest absolute Gasteiger partial charge is 0.242 e. The Bertz CT molecular complexity index is 529. The highest BCUT2D eigenvalue weighted by atomic mass is 35.5. The zero-order valence-electron chi connectivity index (χ0n) is 10.6. The molecule has 1 unspecified atom stereocenters. The van der Waals surface area contributed by atoms with E-state index in [2.05, 4.69) is 10.0 Å². The van der Waals surface area contributed by atoms with Crippen molar-refractivity contribution in [2.75, 3.05) is 13.1 Å².